The fraction of sp³-hybridized carbons (Fsp3) is 0.889. The predicted molar refractivity (Wildman–Crippen MR) is 106 cm³/mol. The summed E-state index contributed by atoms with van der Waals surface area (Å²) in [6, 6.07) is 0. The smallest absolute Gasteiger partial charge is 0.196 e. The van der Waals surface area contributed by atoms with E-state index in [9.17, 15) is 0 Å². The molecule has 150 valence electrons. The number of hydrogen-bond donors (Lipinski definition) is 0. The van der Waals surface area contributed by atoms with Crippen molar-refractivity contribution in [3.05, 3.63) is 0 Å². The molecule has 0 aromatic carbocycles. The summed E-state index contributed by atoms with van der Waals surface area (Å²) in [5.74, 6) is 2.13. The van der Waals surface area contributed by atoms with E-state index in [0.717, 1.165) is 38.1 Å². The lowest BCUT2D eigenvalue weighted by atomic mass is 10.3. The molecule has 0 amide bonds. The van der Waals surface area contributed by atoms with Crippen LogP contribution in [-0.4, -0.2) is 125 Å². The van der Waals surface area contributed by atoms with Crippen molar-refractivity contribution in [2.45, 2.75) is 12.8 Å². The van der Waals surface area contributed by atoms with E-state index in [1.807, 2.05) is 0 Å². The molecule has 0 saturated carbocycles. The first-order valence-corrected chi connectivity index (χ1v) is 9.68. The van der Waals surface area contributed by atoms with E-state index < -0.39 is 0 Å². The highest BCUT2D eigenvalue weighted by molar-refractivity contribution is 5.80. The van der Waals surface area contributed by atoms with E-state index in [1.165, 1.54) is 12.8 Å². The number of hydrogen-bond acceptors (Lipinski definition) is 4. The molecule has 8 nitrogen and oxygen atoms in total. The standard InChI is InChI=1S/C18H36N6O2/c1-21-9-5-10-22(2)17(21)19-7-13-25-15-16-26-14-8-20-18-23(3)11-6-12-24(18)4/h5-16H2,1-4H3. The van der Waals surface area contributed by atoms with Crippen molar-refractivity contribution < 1.29 is 9.47 Å². The Morgan fingerprint density at radius 3 is 1.31 bits per heavy atom. The Labute approximate surface area is 158 Å². The Bertz CT molecular complexity index is 405. The molecule has 0 bridgehead atoms. The van der Waals surface area contributed by atoms with Gasteiger partial charge in [0.1, 0.15) is 0 Å². The van der Waals surface area contributed by atoms with Crippen molar-refractivity contribution in [3.8, 4) is 0 Å². The first kappa shape index (κ1) is 20.8. The van der Waals surface area contributed by atoms with Crippen LogP contribution in [0.2, 0.25) is 0 Å². The third-order valence-corrected chi connectivity index (χ3v) is 4.69. The zero-order valence-corrected chi connectivity index (χ0v) is 17.0. The molecule has 0 radical (unpaired) electrons. The van der Waals surface area contributed by atoms with Crippen molar-refractivity contribution in [1.29, 1.82) is 0 Å². The molecule has 0 spiro atoms. The molecule has 2 fully saturated rings. The summed E-state index contributed by atoms with van der Waals surface area (Å²) in [4.78, 5) is 18.1. The Morgan fingerprint density at radius 1 is 0.615 bits per heavy atom. The van der Waals surface area contributed by atoms with Crippen LogP contribution in [0.1, 0.15) is 12.8 Å². The molecule has 2 aliphatic rings. The predicted octanol–water partition coefficient (Wildman–Crippen LogP) is 0.266. The molecule has 2 rings (SSSR count). The zero-order chi connectivity index (χ0) is 18.8. The third-order valence-electron chi connectivity index (χ3n) is 4.69. The molecule has 0 aromatic rings. The minimum atomic E-state index is 0.604. The topological polar surface area (TPSA) is 56.1 Å². The fourth-order valence-corrected chi connectivity index (χ4v) is 3.30. The minimum absolute atomic E-state index is 0.604. The first-order chi connectivity index (χ1) is 12.6. The highest BCUT2D eigenvalue weighted by Crippen LogP contribution is 2.05. The summed E-state index contributed by atoms with van der Waals surface area (Å²) in [7, 11) is 8.37. The van der Waals surface area contributed by atoms with Gasteiger partial charge in [-0.2, -0.15) is 0 Å². The van der Waals surface area contributed by atoms with E-state index in [4.69, 9.17) is 9.47 Å². The van der Waals surface area contributed by atoms with Gasteiger partial charge in [-0.1, -0.05) is 0 Å². The van der Waals surface area contributed by atoms with Crippen molar-refractivity contribution in [2.24, 2.45) is 9.98 Å². The number of nitrogens with zero attached hydrogens (tertiary/aromatic N) is 6. The summed E-state index contributed by atoms with van der Waals surface area (Å²) in [6.07, 6.45) is 2.38. The van der Waals surface area contributed by atoms with Gasteiger partial charge in [-0.3, -0.25) is 9.98 Å². The Balaban J connectivity index is 1.49. The van der Waals surface area contributed by atoms with Crippen LogP contribution >= 0.6 is 0 Å². The van der Waals surface area contributed by atoms with Gasteiger partial charge in [0, 0.05) is 54.4 Å². The van der Waals surface area contributed by atoms with Gasteiger partial charge in [0.05, 0.1) is 39.5 Å². The van der Waals surface area contributed by atoms with E-state index in [-0.39, 0.29) is 0 Å². The molecule has 26 heavy (non-hydrogen) atoms. The van der Waals surface area contributed by atoms with Gasteiger partial charge in [-0.25, -0.2) is 0 Å². The largest absolute Gasteiger partial charge is 0.377 e. The van der Waals surface area contributed by atoms with Crippen LogP contribution in [0.4, 0.5) is 0 Å². The maximum absolute atomic E-state index is 5.60. The summed E-state index contributed by atoms with van der Waals surface area (Å²) in [6.45, 7) is 8.16. The van der Waals surface area contributed by atoms with Crippen LogP contribution in [0, 0.1) is 0 Å². The van der Waals surface area contributed by atoms with Gasteiger partial charge in [0.25, 0.3) is 0 Å². The van der Waals surface area contributed by atoms with Crippen molar-refractivity contribution in [2.75, 3.05) is 93.9 Å². The Hall–Kier alpha value is -1.54. The van der Waals surface area contributed by atoms with Crippen LogP contribution < -0.4 is 0 Å². The molecule has 0 aromatic heterocycles. The van der Waals surface area contributed by atoms with Gasteiger partial charge < -0.3 is 29.1 Å². The second kappa shape index (κ2) is 11.2. The summed E-state index contributed by atoms with van der Waals surface area (Å²) in [5.41, 5.74) is 0. The van der Waals surface area contributed by atoms with E-state index >= 15 is 0 Å². The lowest BCUT2D eigenvalue weighted by Gasteiger charge is -2.34. The summed E-state index contributed by atoms with van der Waals surface area (Å²) < 4.78 is 11.2. The number of aliphatic imine (C=N–C) groups is 2. The Kier molecular flexibility index (Phi) is 8.97. The van der Waals surface area contributed by atoms with Crippen LogP contribution in [0.3, 0.4) is 0 Å². The SMILES string of the molecule is CN1CCCN(C)C1=NCCOCCOCCN=C1N(C)CCCN1C. The molecule has 0 unspecified atom stereocenters. The molecule has 0 atom stereocenters. The number of rotatable bonds is 9. The van der Waals surface area contributed by atoms with Crippen LogP contribution in [-0.2, 0) is 9.47 Å². The van der Waals surface area contributed by atoms with Gasteiger partial charge in [0.15, 0.2) is 11.9 Å². The molecule has 8 heteroatoms. The average molecular weight is 369 g/mol. The van der Waals surface area contributed by atoms with E-state index in [0.29, 0.717) is 39.5 Å². The van der Waals surface area contributed by atoms with Gasteiger partial charge >= 0.3 is 0 Å². The number of ether oxygens (including phenoxy) is 2. The molecular formula is C18H36N6O2. The van der Waals surface area contributed by atoms with Crippen molar-refractivity contribution >= 4 is 11.9 Å². The second-order valence-corrected chi connectivity index (χ2v) is 6.98. The monoisotopic (exact) mass is 368 g/mol. The Morgan fingerprint density at radius 2 is 0.962 bits per heavy atom. The normalized spacial score (nSPS) is 18.6. The summed E-state index contributed by atoms with van der Waals surface area (Å²) >= 11 is 0. The maximum atomic E-state index is 5.60. The van der Waals surface area contributed by atoms with Crippen LogP contribution in [0.5, 0.6) is 0 Å². The number of guanidine groups is 2. The molecule has 2 saturated heterocycles. The van der Waals surface area contributed by atoms with Gasteiger partial charge in [-0.05, 0) is 12.8 Å². The second-order valence-electron chi connectivity index (χ2n) is 6.98. The third kappa shape index (κ3) is 6.64. The van der Waals surface area contributed by atoms with Gasteiger partial charge in [-0.15, -0.1) is 0 Å². The molecular weight excluding hydrogens is 332 g/mol. The highest BCUT2D eigenvalue weighted by atomic mass is 16.5. The highest BCUT2D eigenvalue weighted by Gasteiger charge is 2.17. The van der Waals surface area contributed by atoms with Crippen LogP contribution in [0.25, 0.3) is 0 Å². The molecule has 0 aliphatic carbocycles. The van der Waals surface area contributed by atoms with Crippen molar-refractivity contribution in [3.63, 3.8) is 0 Å². The molecule has 2 heterocycles. The van der Waals surface area contributed by atoms with Crippen LogP contribution in [0.15, 0.2) is 9.98 Å². The fourth-order valence-electron chi connectivity index (χ4n) is 3.30. The average Bonchev–Trinajstić information content (AvgIpc) is 2.61. The quantitative estimate of drug-likeness (QED) is 0.545. The summed E-state index contributed by atoms with van der Waals surface area (Å²) in [5, 5.41) is 0. The van der Waals surface area contributed by atoms with E-state index in [1.54, 1.807) is 0 Å². The maximum Gasteiger partial charge on any atom is 0.196 e. The molecule has 0 N–H and O–H groups in total. The van der Waals surface area contributed by atoms with Crippen molar-refractivity contribution in [1.82, 2.24) is 19.6 Å². The minimum Gasteiger partial charge on any atom is -0.377 e. The van der Waals surface area contributed by atoms with E-state index in [2.05, 4.69) is 57.8 Å². The zero-order valence-electron chi connectivity index (χ0n) is 17.0. The lowest BCUT2D eigenvalue weighted by Crippen LogP contribution is -2.46. The first-order valence-electron chi connectivity index (χ1n) is 9.68. The van der Waals surface area contributed by atoms with Gasteiger partial charge in [0.2, 0.25) is 0 Å². The molecule has 2 aliphatic heterocycles. The lowest BCUT2D eigenvalue weighted by molar-refractivity contribution is 0.0537.